The summed E-state index contributed by atoms with van der Waals surface area (Å²) < 4.78 is 2.22. The Morgan fingerprint density at radius 1 is 1.00 bits per heavy atom. The summed E-state index contributed by atoms with van der Waals surface area (Å²) in [4.78, 5) is 23.3. The van der Waals surface area contributed by atoms with E-state index in [1.807, 2.05) is 25.4 Å². The Kier molecular flexibility index (Phi) is 4.86. The van der Waals surface area contributed by atoms with E-state index in [1.54, 1.807) is 0 Å². The molecule has 0 saturated carbocycles. The fraction of sp³-hybridized carbons (Fsp3) is 0.455. The van der Waals surface area contributed by atoms with Gasteiger partial charge in [-0.05, 0) is 39.0 Å². The Balaban J connectivity index is 1.30. The van der Waals surface area contributed by atoms with Crippen molar-refractivity contribution in [2.45, 2.75) is 33.4 Å². The van der Waals surface area contributed by atoms with Crippen LogP contribution in [0.5, 0.6) is 0 Å². The molecule has 8 heteroatoms. The third kappa shape index (κ3) is 3.52. The molecule has 0 spiro atoms. The van der Waals surface area contributed by atoms with Gasteiger partial charge in [-0.3, -0.25) is 9.89 Å². The van der Waals surface area contributed by atoms with Crippen LogP contribution in [0.25, 0.3) is 11.0 Å². The summed E-state index contributed by atoms with van der Waals surface area (Å²) in [7, 11) is 0. The highest BCUT2D eigenvalue weighted by molar-refractivity contribution is 6.02. The Hall–Kier alpha value is -3.00. The van der Waals surface area contributed by atoms with Crippen LogP contribution in [0.2, 0.25) is 0 Å². The van der Waals surface area contributed by atoms with Crippen molar-refractivity contribution in [1.29, 1.82) is 0 Å². The maximum absolute atomic E-state index is 4.75. The molecule has 3 aromatic heterocycles. The van der Waals surface area contributed by atoms with Gasteiger partial charge in [0.1, 0.15) is 11.5 Å². The number of nitrogens with zero attached hydrogens (tertiary/aromatic N) is 7. The maximum Gasteiger partial charge on any atom is 0.230 e. The number of pyridine rings is 1. The minimum atomic E-state index is 0.564. The lowest BCUT2D eigenvalue weighted by atomic mass is 10.2. The fourth-order valence-electron chi connectivity index (χ4n) is 4.28. The van der Waals surface area contributed by atoms with E-state index in [-0.39, 0.29) is 0 Å². The number of piperazine rings is 1. The molecule has 5 rings (SSSR count). The molecule has 8 nitrogen and oxygen atoms in total. The van der Waals surface area contributed by atoms with E-state index < -0.39 is 0 Å². The van der Waals surface area contributed by atoms with E-state index in [1.165, 1.54) is 0 Å². The van der Waals surface area contributed by atoms with E-state index in [0.717, 1.165) is 73.2 Å². The lowest BCUT2D eigenvalue weighted by Crippen LogP contribution is -2.48. The molecule has 30 heavy (non-hydrogen) atoms. The predicted molar refractivity (Wildman–Crippen MR) is 121 cm³/mol. The van der Waals surface area contributed by atoms with Gasteiger partial charge in [0, 0.05) is 50.3 Å². The summed E-state index contributed by atoms with van der Waals surface area (Å²) in [6.45, 7) is 12.5. The molecule has 1 fully saturated rings. The van der Waals surface area contributed by atoms with Gasteiger partial charge in [-0.15, -0.1) is 0 Å². The van der Waals surface area contributed by atoms with Gasteiger partial charge in [-0.2, -0.15) is 4.98 Å². The van der Waals surface area contributed by atoms with Crippen LogP contribution in [0.3, 0.4) is 0 Å². The van der Waals surface area contributed by atoms with E-state index in [2.05, 4.69) is 60.6 Å². The van der Waals surface area contributed by atoms with Crippen molar-refractivity contribution >= 4 is 34.2 Å². The Bertz CT molecular complexity index is 1070. The molecular weight excluding hydrogens is 376 g/mol. The molecule has 1 N–H and O–H groups in total. The smallest absolute Gasteiger partial charge is 0.230 e. The van der Waals surface area contributed by atoms with Crippen molar-refractivity contribution in [2.24, 2.45) is 4.99 Å². The summed E-state index contributed by atoms with van der Waals surface area (Å²) in [6.07, 6.45) is 3.80. The summed E-state index contributed by atoms with van der Waals surface area (Å²) >= 11 is 0. The van der Waals surface area contributed by atoms with Crippen LogP contribution in [-0.2, 0) is 6.54 Å². The number of hydrogen-bond donors (Lipinski definition) is 1. The Morgan fingerprint density at radius 3 is 2.57 bits per heavy atom. The largest absolute Gasteiger partial charge is 0.368 e. The summed E-state index contributed by atoms with van der Waals surface area (Å²) in [5, 5.41) is 4.29. The zero-order valence-corrected chi connectivity index (χ0v) is 17.8. The second-order valence-corrected chi connectivity index (χ2v) is 8.26. The molecule has 0 aromatic carbocycles. The van der Waals surface area contributed by atoms with Gasteiger partial charge >= 0.3 is 0 Å². The predicted octanol–water partition coefficient (Wildman–Crippen LogP) is 2.92. The van der Waals surface area contributed by atoms with Gasteiger partial charge in [-0.1, -0.05) is 0 Å². The molecule has 0 radical (unpaired) electrons. The van der Waals surface area contributed by atoms with Crippen LogP contribution in [0, 0.1) is 0 Å². The highest BCUT2D eigenvalue weighted by Crippen LogP contribution is 2.23. The zero-order valence-electron chi connectivity index (χ0n) is 17.8. The van der Waals surface area contributed by atoms with Crippen molar-refractivity contribution in [3.63, 3.8) is 0 Å². The number of aliphatic imine (C=N–C) groups is 1. The van der Waals surface area contributed by atoms with Crippen LogP contribution >= 0.6 is 0 Å². The lowest BCUT2D eigenvalue weighted by Gasteiger charge is -2.38. The number of hydrogen-bond acceptors (Lipinski definition) is 7. The zero-order chi connectivity index (χ0) is 20.7. The van der Waals surface area contributed by atoms with Crippen molar-refractivity contribution < 1.29 is 0 Å². The van der Waals surface area contributed by atoms with E-state index >= 15 is 0 Å². The first-order chi connectivity index (χ1) is 14.6. The van der Waals surface area contributed by atoms with E-state index in [4.69, 9.17) is 4.98 Å². The van der Waals surface area contributed by atoms with Gasteiger partial charge in [0.25, 0.3) is 0 Å². The van der Waals surface area contributed by atoms with Gasteiger partial charge in [0.05, 0.1) is 29.8 Å². The molecule has 0 bridgehead atoms. The molecule has 3 aromatic rings. The van der Waals surface area contributed by atoms with Crippen LogP contribution in [-0.4, -0.2) is 68.9 Å². The quantitative estimate of drug-likeness (QED) is 0.721. The molecule has 0 unspecified atom stereocenters. The summed E-state index contributed by atoms with van der Waals surface area (Å²) in [5.41, 5.74) is 4.29. The van der Waals surface area contributed by atoms with Gasteiger partial charge in [0.2, 0.25) is 5.95 Å². The summed E-state index contributed by atoms with van der Waals surface area (Å²) in [6, 6.07) is 6.85. The number of fused-ring (bicyclic) bond motifs is 3. The average Bonchev–Trinajstić information content (AvgIpc) is 3.14. The van der Waals surface area contributed by atoms with Crippen molar-refractivity contribution in [2.75, 3.05) is 42.9 Å². The van der Waals surface area contributed by atoms with E-state index in [9.17, 15) is 0 Å². The highest BCUT2D eigenvalue weighted by Gasteiger charge is 2.19. The number of anilines is 3. The molecular formula is C22H28N8. The third-order valence-electron chi connectivity index (χ3n) is 6.08. The number of rotatable bonds is 4. The first-order valence-corrected chi connectivity index (χ1v) is 10.7. The Labute approximate surface area is 176 Å². The number of aromatic nitrogens is 4. The van der Waals surface area contributed by atoms with Gasteiger partial charge in [-0.25, -0.2) is 9.97 Å². The van der Waals surface area contributed by atoms with Crippen molar-refractivity contribution in [3.8, 4) is 0 Å². The van der Waals surface area contributed by atoms with Gasteiger partial charge in [0.15, 0.2) is 0 Å². The highest BCUT2D eigenvalue weighted by atomic mass is 15.3. The molecule has 0 atom stereocenters. The normalized spacial score (nSPS) is 17.3. The van der Waals surface area contributed by atoms with Crippen LogP contribution in [0.4, 0.5) is 17.5 Å². The second kappa shape index (κ2) is 7.68. The maximum atomic E-state index is 4.75. The molecule has 2 aliphatic heterocycles. The SMILES string of the molecule is CC1=NCCn2c1cc1cnc(Nc3ccc(N4CCN(C(C)C)CC4)cn3)nc12. The van der Waals surface area contributed by atoms with Crippen LogP contribution in [0.1, 0.15) is 26.5 Å². The lowest BCUT2D eigenvalue weighted by molar-refractivity contribution is 0.209. The van der Waals surface area contributed by atoms with Crippen LogP contribution in [0.15, 0.2) is 35.6 Å². The third-order valence-corrected chi connectivity index (χ3v) is 6.08. The Morgan fingerprint density at radius 2 is 1.83 bits per heavy atom. The number of nitrogens with one attached hydrogen (secondary N) is 1. The standard InChI is InChI=1S/C22H28N8/c1-15(2)28-8-10-29(11-9-28)18-4-5-20(24-14-18)26-22-25-13-17-12-19-16(3)23-6-7-30(19)21(17)27-22/h4-5,12-15H,6-11H2,1-3H3,(H,24,25,26,27). The summed E-state index contributed by atoms with van der Waals surface area (Å²) in [5.74, 6) is 1.32. The molecule has 0 aliphatic carbocycles. The molecule has 2 aliphatic rings. The first kappa shape index (κ1) is 19.0. The van der Waals surface area contributed by atoms with E-state index in [0.29, 0.717) is 12.0 Å². The molecule has 1 saturated heterocycles. The van der Waals surface area contributed by atoms with Crippen molar-refractivity contribution in [3.05, 3.63) is 36.3 Å². The topological polar surface area (TPSA) is 74.5 Å². The molecule has 5 heterocycles. The minimum Gasteiger partial charge on any atom is -0.368 e. The van der Waals surface area contributed by atoms with Crippen molar-refractivity contribution in [1.82, 2.24) is 24.4 Å². The van der Waals surface area contributed by atoms with Gasteiger partial charge < -0.3 is 14.8 Å². The average molecular weight is 405 g/mol. The fourth-order valence-corrected chi connectivity index (χ4v) is 4.28. The molecule has 156 valence electrons. The molecule has 0 amide bonds. The van der Waals surface area contributed by atoms with Crippen LogP contribution < -0.4 is 10.2 Å². The first-order valence-electron chi connectivity index (χ1n) is 10.7. The monoisotopic (exact) mass is 404 g/mol. The second-order valence-electron chi connectivity index (χ2n) is 8.26. The minimum absolute atomic E-state index is 0.564.